The van der Waals surface area contributed by atoms with E-state index in [1.54, 1.807) is 12.1 Å². The fraction of sp³-hybridized carbons (Fsp3) is 0.682. The van der Waals surface area contributed by atoms with Crippen LogP contribution in [0.25, 0.3) is 0 Å². The quantitative estimate of drug-likeness (QED) is 0.317. The minimum absolute atomic E-state index is 0. The number of benzene rings is 1. The Morgan fingerprint density at radius 2 is 1.84 bits per heavy atom. The number of hydrogen-bond acceptors (Lipinski definition) is 4. The number of nitrogens with one attached hydrogen (secondary N) is 1. The minimum atomic E-state index is -4.43. The van der Waals surface area contributed by atoms with Gasteiger partial charge >= 0.3 is 6.18 Å². The van der Waals surface area contributed by atoms with Gasteiger partial charge in [0.05, 0.1) is 31.4 Å². The Labute approximate surface area is 205 Å². The van der Waals surface area contributed by atoms with E-state index in [9.17, 15) is 13.2 Å². The first kappa shape index (κ1) is 27.0. The smallest absolute Gasteiger partial charge is 0.378 e. The van der Waals surface area contributed by atoms with E-state index in [0.717, 1.165) is 25.9 Å². The Bertz CT molecular complexity index is 734. The summed E-state index contributed by atoms with van der Waals surface area (Å²) in [6.45, 7) is 9.07. The molecule has 2 aliphatic heterocycles. The molecule has 0 aromatic heterocycles. The van der Waals surface area contributed by atoms with Crippen LogP contribution in [0.2, 0.25) is 0 Å². The van der Waals surface area contributed by atoms with Crippen molar-refractivity contribution >= 4 is 35.6 Å². The summed E-state index contributed by atoms with van der Waals surface area (Å²) in [4.78, 5) is 8.59. The highest BCUT2D eigenvalue weighted by Crippen LogP contribution is 2.35. The predicted molar refractivity (Wildman–Crippen MR) is 131 cm³/mol. The molecular weight excluding hydrogens is 536 g/mol. The number of hydrogen-bond donors (Lipinski definition) is 1. The Kier molecular flexibility index (Phi) is 10.8. The molecule has 0 spiro atoms. The van der Waals surface area contributed by atoms with Crippen molar-refractivity contribution in [3.63, 3.8) is 0 Å². The first-order chi connectivity index (χ1) is 14.9. The van der Waals surface area contributed by atoms with Crippen LogP contribution >= 0.6 is 24.0 Å². The number of morpholine rings is 1. The molecular formula is C22H34F3IN4O2. The second kappa shape index (κ2) is 12.8. The van der Waals surface area contributed by atoms with Gasteiger partial charge < -0.3 is 24.6 Å². The summed E-state index contributed by atoms with van der Waals surface area (Å²) in [7, 11) is 0. The van der Waals surface area contributed by atoms with Gasteiger partial charge in [0.1, 0.15) is 0 Å². The molecule has 3 rings (SSSR count). The summed E-state index contributed by atoms with van der Waals surface area (Å²) in [5.41, 5.74) is 0.142. The highest BCUT2D eigenvalue weighted by atomic mass is 127. The van der Waals surface area contributed by atoms with Crippen LogP contribution < -0.4 is 10.2 Å². The average molecular weight is 570 g/mol. The molecule has 2 fully saturated rings. The molecule has 0 atom stereocenters. The van der Waals surface area contributed by atoms with Crippen LogP contribution in [0.4, 0.5) is 18.9 Å². The summed E-state index contributed by atoms with van der Waals surface area (Å²) < 4.78 is 52.4. The average Bonchev–Trinajstić information content (AvgIpc) is 2.77. The van der Waals surface area contributed by atoms with Crippen LogP contribution in [0.1, 0.15) is 37.8 Å². The molecule has 0 amide bonds. The van der Waals surface area contributed by atoms with Crippen molar-refractivity contribution in [1.82, 2.24) is 10.2 Å². The van der Waals surface area contributed by atoms with Gasteiger partial charge in [-0.2, -0.15) is 13.2 Å². The molecule has 0 saturated carbocycles. The van der Waals surface area contributed by atoms with E-state index in [1.807, 2.05) is 18.7 Å². The van der Waals surface area contributed by atoms with Crippen molar-refractivity contribution < 1.29 is 22.6 Å². The maximum Gasteiger partial charge on any atom is 0.416 e. The molecule has 2 heterocycles. The number of alkyl halides is 3. The highest BCUT2D eigenvalue weighted by Gasteiger charge is 2.34. The lowest BCUT2D eigenvalue weighted by Gasteiger charge is -2.34. The third-order valence-electron chi connectivity index (χ3n) is 5.65. The molecule has 10 heteroatoms. The number of rotatable bonds is 6. The lowest BCUT2D eigenvalue weighted by Crippen LogP contribution is -2.47. The molecule has 1 N–H and O–H groups in total. The van der Waals surface area contributed by atoms with Crippen molar-refractivity contribution in [2.45, 2.75) is 45.5 Å². The first-order valence-electron chi connectivity index (χ1n) is 11.1. The van der Waals surface area contributed by atoms with E-state index in [1.165, 1.54) is 6.07 Å². The van der Waals surface area contributed by atoms with Crippen molar-refractivity contribution in [2.24, 2.45) is 4.99 Å². The second-order valence-corrected chi connectivity index (χ2v) is 7.75. The number of piperidine rings is 1. The van der Waals surface area contributed by atoms with Crippen LogP contribution in [0, 0.1) is 0 Å². The van der Waals surface area contributed by atoms with Crippen LogP contribution in [0.3, 0.4) is 0 Å². The molecule has 0 aliphatic carbocycles. The summed E-state index contributed by atoms with van der Waals surface area (Å²) in [5, 5.41) is 3.22. The van der Waals surface area contributed by atoms with Crippen LogP contribution in [-0.4, -0.2) is 69.5 Å². The fourth-order valence-electron chi connectivity index (χ4n) is 4.04. The summed E-state index contributed by atoms with van der Waals surface area (Å²) in [6, 6.07) is 4.56. The van der Waals surface area contributed by atoms with Gasteiger partial charge in [0.25, 0.3) is 0 Å². The molecule has 32 heavy (non-hydrogen) atoms. The molecule has 182 valence electrons. The third kappa shape index (κ3) is 7.38. The largest absolute Gasteiger partial charge is 0.416 e. The van der Waals surface area contributed by atoms with Gasteiger partial charge in [-0.3, -0.25) is 0 Å². The van der Waals surface area contributed by atoms with Crippen molar-refractivity contribution in [3.8, 4) is 0 Å². The number of aliphatic imine (C=N–C) groups is 1. The summed E-state index contributed by atoms with van der Waals surface area (Å²) in [5.74, 6) is 0.655. The van der Waals surface area contributed by atoms with Crippen molar-refractivity contribution in [1.29, 1.82) is 0 Å². The molecule has 6 nitrogen and oxygen atoms in total. The predicted octanol–water partition coefficient (Wildman–Crippen LogP) is 4.13. The lowest BCUT2D eigenvalue weighted by molar-refractivity contribution is -0.138. The summed E-state index contributed by atoms with van der Waals surface area (Å²) in [6.07, 6.45) is -2.41. The van der Waals surface area contributed by atoms with E-state index in [2.05, 4.69) is 15.2 Å². The number of anilines is 1. The standard InChI is InChI=1S/C22H33F3N4O2.HI/c1-3-26-21(29-9-7-19(8-10-29)31-4-2)27-16-17-5-6-18(15-20(17)22(23,24)25)28-11-13-30-14-12-28;/h5-6,15,19H,3-4,7-14,16H2,1-2H3,(H,26,27);1H. The fourth-order valence-corrected chi connectivity index (χ4v) is 4.04. The monoisotopic (exact) mass is 570 g/mol. The maximum atomic E-state index is 13.8. The SMILES string of the molecule is CCNC(=NCc1ccc(N2CCOCC2)cc1C(F)(F)F)N1CCC(OCC)CC1.I. The second-order valence-electron chi connectivity index (χ2n) is 7.75. The number of nitrogens with zero attached hydrogens (tertiary/aromatic N) is 3. The number of halogens is 4. The molecule has 0 unspecified atom stereocenters. The molecule has 1 aromatic carbocycles. The lowest BCUT2D eigenvalue weighted by atomic mass is 10.1. The molecule has 2 saturated heterocycles. The zero-order valence-corrected chi connectivity index (χ0v) is 21.1. The highest BCUT2D eigenvalue weighted by molar-refractivity contribution is 14.0. The minimum Gasteiger partial charge on any atom is -0.378 e. The number of guanidine groups is 1. The van der Waals surface area contributed by atoms with Gasteiger partial charge in [0.2, 0.25) is 0 Å². The first-order valence-corrected chi connectivity index (χ1v) is 11.1. The van der Waals surface area contributed by atoms with Crippen molar-refractivity contribution in [2.75, 3.05) is 57.4 Å². The number of ether oxygens (including phenoxy) is 2. The Morgan fingerprint density at radius 1 is 1.16 bits per heavy atom. The third-order valence-corrected chi connectivity index (χ3v) is 5.65. The van der Waals surface area contributed by atoms with Crippen molar-refractivity contribution in [3.05, 3.63) is 29.3 Å². The van der Waals surface area contributed by atoms with Gasteiger partial charge in [0.15, 0.2) is 5.96 Å². The molecule has 0 radical (unpaired) electrons. The van der Waals surface area contributed by atoms with E-state index < -0.39 is 11.7 Å². The number of likely N-dealkylation sites (tertiary alicyclic amines) is 1. The van der Waals surface area contributed by atoms with Crippen LogP contribution in [-0.2, 0) is 22.2 Å². The van der Waals surface area contributed by atoms with Gasteiger partial charge in [0, 0.05) is 45.0 Å². The molecule has 1 aromatic rings. The van der Waals surface area contributed by atoms with Crippen LogP contribution in [0.5, 0.6) is 0 Å². The topological polar surface area (TPSA) is 49.3 Å². The Morgan fingerprint density at radius 3 is 2.44 bits per heavy atom. The molecule has 2 aliphatic rings. The maximum absolute atomic E-state index is 13.8. The Hall–Kier alpha value is -1.27. The van der Waals surface area contributed by atoms with E-state index in [0.29, 0.717) is 51.1 Å². The zero-order valence-electron chi connectivity index (χ0n) is 18.8. The van der Waals surface area contributed by atoms with E-state index in [-0.39, 0.29) is 42.2 Å². The van der Waals surface area contributed by atoms with Gasteiger partial charge in [-0.25, -0.2) is 4.99 Å². The van der Waals surface area contributed by atoms with Gasteiger partial charge in [-0.1, -0.05) is 6.07 Å². The van der Waals surface area contributed by atoms with Crippen LogP contribution in [0.15, 0.2) is 23.2 Å². The van der Waals surface area contributed by atoms with Gasteiger partial charge in [-0.15, -0.1) is 24.0 Å². The Balaban J connectivity index is 0.00000363. The van der Waals surface area contributed by atoms with E-state index >= 15 is 0 Å². The normalized spacial score (nSPS) is 18.5. The zero-order chi connectivity index (χ0) is 22.3. The summed E-state index contributed by atoms with van der Waals surface area (Å²) >= 11 is 0. The molecule has 0 bridgehead atoms. The van der Waals surface area contributed by atoms with E-state index in [4.69, 9.17) is 9.47 Å². The van der Waals surface area contributed by atoms with Gasteiger partial charge in [-0.05, 0) is 44.4 Å².